The van der Waals surface area contributed by atoms with Gasteiger partial charge in [-0.25, -0.2) is 4.98 Å². The molecule has 0 radical (unpaired) electrons. The minimum atomic E-state index is -0.0422. The molecule has 3 heterocycles. The normalized spacial score (nSPS) is 13.9. The van der Waals surface area contributed by atoms with Crippen molar-refractivity contribution in [3.8, 4) is 10.7 Å². The molecule has 0 saturated heterocycles. The highest BCUT2D eigenvalue weighted by atomic mass is 32.1. The Balaban J connectivity index is 1.80. The van der Waals surface area contributed by atoms with Gasteiger partial charge in [-0.2, -0.15) is 0 Å². The lowest BCUT2D eigenvalue weighted by Gasteiger charge is -2.13. The van der Waals surface area contributed by atoms with Crippen LogP contribution in [0.15, 0.2) is 52.6 Å². The van der Waals surface area contributed by atoms with Crippen molar-refractivity contribution < 1.29 is 4.79 Å². The highest BCUT2D eigenvalue weighted by Crippen LogP contribution is 2.35. The number of fused-ring (bicyclic) bond motifs is 3. The zero-order valence-corrected chi connectivity index (χ0v) is 16.1. The summed E-state index contributed by atoms with van der Waals surface area (Å²) in [6.45, 7) is 0.467. The van der Waals surface area contributed by atoms with Gasteiger partial charge in [0.1, 0.15) is 4.83 Å². The fourth-order valence-electron chi connectivity index (χ4n) is 3.65. The first-order chi connectivity index (χ1) is 13.2. The summed E-state index contributed by atoms with van der Waals surface area (Å²) in [5.74, 6) is 0.823. The number of carbonyl (C=O) groups excluding carboxylic acids is 1. The Morgan fingerprint density at radius 3 is 2.67 bits per heavy atom. The summed E-state index contributed by atoms with van der Waals surface area (Å²) >= 11 is 2.95. The second-order valence-corrected chi connectivity index (χ2v) is 8.60. The Bertz CT molecular complexity index is 1200. The molecule has 5 rings (SSSR count). The molecule has 27 heavy (non-hydrogen) atoms. The van der Waals surface area contributed by atoms with E-state index in [9.17, 15) is 9.59 Å². The van der Waals surface area contributed by atoms with E-state index in [1.54, 1.807) is 15.9 Å². The Hall–Kier alpha value is -2.57. The number of aryl methyl sites for hydroxylation is 1. The minimum absolute atomic E-state index is 0.0422. The molecule has 0 bridgehead atoms. The molecular formula is C21H16N2O2S2. The lowest BCUT2D eigenvalue weighted by molar-refractivity contribution is 0.0977. The van der Waals surface area contributed by atoms with E-state index in [-0.39, 0.29) is 11.3 Å². The van der Waals surface area contributed by atoms with Crippen molar-refractivity contribution in [2.75, 3.05) is 0 Å². The molecule has 0 saturated carbocycles. The summed E-state index contributed by atoms with van der Waals surface area (Å²) in [5.41, 5.74) is 1.92. The molecule has 0 amide bonds. The number of carbonyl (C=O) groups is 1. The maximum absolute atomic E-state index is 13.5. The SMILES string of the molecule is O=C1CCCc2c1sc1nc(-c3cccs3)n(Cc3ccccc3)c(=O)c21. The molecule has 4 nitrogen and oxygen atoms in total. The Kier molecular flexibility index (Phi) is 4.02. The van der Waals surface area contributed by atoms with E-state index in [1.807, 2.05) is 47.8 Å². The second kappa shape index (κ2) is 6.55. The van der Waals surface area contributed by atoms with E-state index in [1.165, 1.54) is 11.3 Å². The van der Waals surface area contributed by atoms with Gasteiger partial charge in [0.2, 0.25) is 0 Å². The summed E-state index contributed by atoms with van der Waals surface area (Å²) in [6.07, 6.45) is 2.15. The van der Waals surface area contributed by atoms with Crippen LogP contribution in [-0.4, -0.2) is 15.3 Å². The molecule has 0 atom stereocenters. The van der Waals surface area contributed by atoms with Crippen molar-refractivity contribution in [2.24, 2.45) is 0 Å². The number of ketones is 1. The predicted molar refractivity (Wildman–Crippen MR) is 110 cm³/mol. The quantitative estimate of drug-likeness (QED) is 0.505. The van der Waals surface area contributed by atoms with Crippen molar-refractivity contribution >= 4 is 38.7 Å². The molecular weight excluding hydrogens is 376 g/mol. The summed E-state index contributed by atoms with van der Waals surface area (Å²) in [6, 6.07) is 13.9. The van der Waals surface area contributed by atoms with Gasteiger partial charge in [0.25, 0.3) is 5.56 Å². The largest absolute Gasteiger partial charge is 0.293 e. The zero-order valence-electron chi connectivity index (χ0n) is 14.5. The predicted octanol–water partition coefficient (Wildman–Crippen LogP) is 4.75. The van der Waals surface area contributed by atoms with E-state index in [2.05, 4.69) is 0 Å². The lowest BCUT2D eigenvalue weighted by atomic mass is 9.96. The molecule has 0 aliphatic heterocycles. The maximum Gasteiger partial charge on any atom is 0.263 e. The molecule has 0 N–H and O–H groups in total. The fraction of sp³-hybridized carbons (Fsp3) is 0.190. The molecule has 0 spiro atoms. The summed E-state index contributed by atoms with van der Waals surface area (Å²) < 4.78 is 1.76. The standard InChI is InChI=1S/C21H16N2O2S2/c24-15-9-4-8-14-17-20(27-18(14)15)22-19(16-10-5-11-26-16)23(21(17)25)12-13-6-2-1-3-7-13/h1-3,5-7,10-11H,4,8-9,12H2. The Labute approximate surface area is 163 Å². The van der Waals surface area contributed by atoms with Crippen LogP contribution < -0.4 is 5.56 Å². The Morgan fingerprint density at radius 2 is 1.89 bits per heavy atom. The molecule has 0 unspecified atom stereocenters. The van der Waals surface area contributed by atoms with Gasteiger partial charge < -0.3 is 0 Å². The highest BCUT2D eigenvalue weighted by Gasteiger charge is 2.26. The average Bonchev–Trinajstić information content (AvgIpc) is 3.33. The molecule has 1 aromatic carbocycles. The van der Waals surface area contributed by atoms with Crippen molar-refractivity contribution in [1.82, 2.24) is 9.55 Å². The Morgan fingerprint density at radius 1 is 1.04 bits per heavy atom. The molecule has 1 aliphatic carbocycles. The maximum atomic E-state index is 13.5. The van der Waals surface area contributed by atoms with Crippen LogP contribution >= 0.6 is 22.7 Å². The number of rotatable bonds is 3. The third-order valence-electron chi connectivity index (χ3n) is 4.92. The van der Waals surface area contributed by atoms with Crippen molar-refractivity contribution in [2.45, 2.75) is 25.8 Å². The van der Waals surface area contributed by atoms with E-state index in [4.69, 9.17) is 4.98 Å². The highest BCUT2D eigenvalue weighted by molar-refractivity contribution is 7.20. The van der Waals surface area contributed by atoms with Crippen molar-refractivity contribution in [3.05, 3.63) is 74.2 Å². The number of benzene rings is 1. The number of hydrogen-bond donors (Lipinski definition) is 0. The van der Waals surface area contributed by atoms with Gasteiger partial charge in [0.05, 0.1) is 21.7 Å². The van der Waals surface area contributed by atoms with Crippen LogP contribution in [0.2, 0.25) is 0 Å². The van der Waals surface area contributed by atoms with Crippen LogP contribution in [0, 0.1) is 0 Å². The van der Waals surface area contributed by atoms with Crippen LogP contribution in [-0.2, 0) is 13.0 Å². The minimum Gasteiger partial charge on any atom is -0.293 e. The lowest BCUT2D eigenvalue weighted by Crippen LogP contribution is -2.24. The number of thiophene rings is 2. The fourth-order valence-corrected chi connectivity index (χ4v) is 5.55. The first kappa shape index (κ1) is 16.6. The molecule has 6 heteroatoms. The van der Waals surface area contributed by atoms with Crippen molar-refractivity contribution in [1.29, 1.82) is 0 Å². The van der Waals surface area contributed by atoms with Crippen LogP contribution in [0.4, 0.5) is 0 Å². The van der Waals surface area contributed by atoms with Gasteiger partial charge >= 0.3 is 0 Å². The van der Waals surface area contributed by atoms with Crippen LogP contribution in [0.3, 0.4) is 0 Å². The van der Waals surface area contributed by atoms with E-state index in [0.29, 0.717) is 29.0 Å². The topological polar surface area (TPSA) is 52.0 Å². The van der Waals surface area contributed by atoms with Gasteiger partial charge in [-0.3, -0.25) is 14.2 Å². The van der Waals surface area contributed by atoms with Crippen molar-refractivity contribution in [3.63, 3.8) is 0 Å². The van der Waals surface area contributed by atoms with Gasteiger partial charge in [0, 0.05) is 6.42 Å². The third-order valence-corrected chi connectivity index (χ3v) is 6.95. The summed E-state index contributed by atoms with van der Waals surface area (Å²) in [7, 11) is 0. The molecule has 0 fully saturated rings. The van der Waals surface area contributed by atoms with E-state index < -0.39 is 0 Å². The number of hydrogen-bond acceptors (Lipinski definition) is 5. The summed E-state index contributed by atoms with van der Waals surface area (Å²) in [5, 5.41) is 2.63. The zero-order chi connectivity index (χ0) is 18.4. The van der Waals surface area contributed by atoms with E-state index >= 15 is 0 Å². The first-order valence-corrected chi connectivity index (χ1v) is 10.6. The van der Waals surface area contributed by atoms with Gasteiger partial charge in [-0.15, -0.1) is 22.7 Å². The van der Waals surface area contributed by atoms with Gasteiger partial charge in [0.15, 0.2) is 11.6 Å². The first-order valence-electron chi connectivity index (χ1n) is 8.89. The van der Waals surface area contributed by atoms with Gasteiger partial charge in [-0.05, 0) is 35.4 Å². The van der Waals surface area contributed by atoms with Gasteiger partial charge in [-0.1, -0.05) is 36.4 Å². The smallest absolute Gasteiger partial charge is 0.263 e. The summed E-state index contributed by atoms with van der Waals surface area (Å²) in [4.78, 5) is 33.1. The average molecular weight is 393 g/mol. The third kappa shape index (κ3) is 2.76. The molecule has 3 aromatic heterocycles. The second-order valence-electron chi connectivity index (χ2n) is 6.66. The number of nitrogens with zero attached hydrogens (tertiary/aromatic N) is 2. The number of Topliss-reactive ketones (excluding diaryl/α,β-unsaturated/α-hetero) is 1. The van der Waals surface area contributed by atoms with Crippen LogP contribution in [0.25, 0.3) is 20.9 Å². The molecule has 134 valence electrons. The monoisotopic (exact) mass is 392 g/mol. The number of aromatic nitrogens is 2. The van der Waals surface area contributed by atoms with Crippen LogP contribution in [0.5, 0.6) is 0 Å². The molecule has 1 aliphatic rings. The molecule has 4 aromatic rings. The van der Waals surface area contributed by atoms with Crippen LogP contribution in [0.1, 0.15) is 33.6 Å². The van der Waals surface area contributed by atoms with E-state index in [0.717, 1.165) is 33.7 Å².